The van der Waals surface area contributed by atoms with Crippen molar-refractivity contribution in [1.29, 1.82) is 0 Å². The number of Topliss-reactive ketones (excluding diaryl/α,β-unsaturated/α-hetero) is 1. The fraction of sp³-hybridized carbons (Fsp3) is 0.312. The maximum absolute atomic E-state index is 13.4. The smallest absolute Gasteiger partial charge is 0.225 e. The molecule has 0 saturated carbocycles. The first-order valence-corrected chi connectivity index (χ1v) is 7.22. The number of hydrogen-bond donors (Lipinski definition) is 0. The second-order valence-electron chi connectivity index (χ2n) is 5.24. The molecule has 6 heteroatoms. The summed E-state index contributed by atoms with van der Waals surface area (Å²) in [6, 6.07) is 6.18. The highest BCUT2D eigenvalue weighted by molar-refractivity contribution is 5.99. The number of rotatable bonds is 3. The minimum Gasteiger partial charge on any atom is -0.367 e. The van der Waals surface area contributed by atoms with Gasteiger partial charge in [0.25, 0.3) is 0 Å². The first-order chi connectivity index (χ1) is 10.6. The van der Waals surface area contributed by atoms with Gasteiger partial charge in [-0.05, 0) is 31.2 Å². The minimum atomic E-state index is -0.384. The number of nitrogens with zero attached hydrogens (tertiary/aromatic N) is 4. The molecular formula is C16H17FN4O. The maximum atomic E-state index is 13.4. The van der Waals surface area contributed by atoms with Crippen molar-refractivity contribution in [3.05, 3.63) is 48.0 Å². The Hall–Kier alpha value is -2.50. The molecule has 0 atom stereocenters. The summed E-state index contributed by atoms with van der Waals surface area (Å²) in [6.45, 7) is 4.47. The maximum Gasteiger partial charge on any atom is 0.225 e. The van der Waals surface area contributed by atoms with Crippen LogP contribution in [0, 0.1) is 5.82 Å². The molecule has 0 bridgehead atoms. The van der Waals surface area contributed by atoms with E-state index in [1.807, 2.05) is 0 Å². The zero-order valence-corrected chi connectivity index (χ0v) is 12.4. The zero-order valence-electron chi connectivity index (χ0n) is 12.4. The molecule has 1 fully saturated rings. The van der Waals surface area contributed by atoms with E-state index in [1.165, 1.54) is 19.1 Å². The van der Waals surface area contributed by atoms with Gasteiger partial charge in [-0.3, -0.25) is 4.79 Å². The van der Waals surface area contributed by atoms with Gasteiger partial charge < -0.3 is 9.80 Å². The van der Waals surface area contributed by atoms with E-state index < -0.39 is 0 Å². The third-order valence-electron chi connectivity index (χ3n) is 3.79. The molecule has 0 unspecified atom stereocenters. The van der Waals surface area contributed by atoms with Crippen LogP contribution in [0.5, 0.6) is 0 Å². The largest absolute Gasteiger partial charge is 0.367 e. The molecular weight excluding hydrogens is 283 g/mol. The summed E-state index contributed by atoms with van der Waals surface area (Å²) in [7, 11) is 0. The summed E-state index contributed by atoms with van der Waals surface area (Å²) >= 11 is 0. The van der Waals surface area contributed by atoms with Crippen molar-refractivity contribution in [2.45, 2.75) is 6.92 Å². The topological polar surface area (TPSA) is 49.3 Å². The predicted octanol–water partition coefficient (Wildman–Crippen LogP) is 2.14. The van der Waals surface area contributed by atoms with Crippen molar-refractivity contribution < 1.29 is 9.18 Å². The van der Waals surface area contributed by atoms with Crippen LogP contribution in [-0.4, -0.2) is 41.9 Å². The van der Waals surface area contributed by atoms with Crippen molar-refractivity contribution in [2.75, 3.05) is 36.0 Å². The molecule has 0 aliphatic carbocycles. The number of carbonyl (C=O) groups is 1. The number of benzene rings is 1. The normalized spacial score (nSPS) is 15.0. The van der Waals surface area contributed by atoms with E-state index in [4.69, 9.17) is 0 Å². The number of halogens is 1. The molecule has 2 aromatic rings. The summed E-state index contributed by atoms with van der Waals surface area (Å²) in [5.74, 6) is 0.210. The van der Waals surface area contributed by atoms with Gasteiger partial charge in [0, 0.05) is 49.8 Å². The van der Waals surface area contributed by atoms with Crippen molar-refractivity contribution >= 4 is 17.4 Å². The lowest BCUT2D eigenvalue weighted by Gasteiger charge is -2.36. The van der Waals surface area contributed by atoms with Crippen LogP contribution in [-0.2, 0) is 0 Å². The Morgan fingerprint density at radius 3 is 2.36 bits per heavy atom. The molecule has 1 aliphatic rings. The fourth-order valence-corrected chi connectivity index (χ4v) is 2.67. The molecule has 0 amide bonds. The van der Waals surface area contributed by atoms with Crippen LogP contribution in [0.2, 0.25) is 0 Å². The van der Waals surface area contributed by atoms with E-state index >= 15 is 0 Å². The predicted molar refractivity (Wildman–Crippen MR) is 82.9 cm³/mol. The van der Waals surface area contributed by atoms with Crippen LogP contribution < -0.4 is 9.80 Å². The molecule has 0 N–H and O–H groups in total. The Kier molecular flexibility index (Phi) is 4.00. The highest BCUT2D eigenvalue weighted by Crippen LogP contribution is 2.24. The fourth-order valence-electron chi connectivity index (χ4n) is 2.67. The molecule has 2 heterocycles. The lowest BCUT2D eigenvalue weighted by molar-refractivity contribution is 0.101. The Bertz CT molecular complexity index is 669. The van der Waals surface area contributed by atoms with Gasteiger partial charge in [0.2, 0.25) is 5.95 Å². The van der Waals surface area contributed by atoms with Gasteiger partial charge in [0.15, 0.2) is 5.78 Å². The molecule has 0 radical (unpaired) electrons. The summed E-state index contributed by atoms with van der Waals surface area (Å²) in [4.78, 5) is 24.4. The number of piperazine rings is 1. The monoisotopic (exact) mass is 300 g/mol. The molecule has 114 valence electrons. The van der Waals surface area contributed by atoms with E-state index in [1.54, 1.807) is 24.5 Å². The minimum absolute atomic E-state index is 0.122. The highest BCUT2D eigenvalue weighted by Gasteiger charge is 2.22. The van der Waals surface area contributed by atoms with Crippen LogP contribution in [0.1, 0.15) is 17.3 Å². The van der Waals surface area contributed by atoms with E-state index in [9.17, 15) is 9.18 Å². The molecule has 22 heavy (non-hydrogen) atoms. The van der Waals surface area contributed by atoms with Gasteiger partial charge >= 0.3 is 0 Å². The quantitative estimate of drug-likeness (QED) is 0.813. The standard InChI is InChI=1S/C16H17FN4O/c1-12(22)14-11-13(17)3-4-15(14)20-7-9-21(10-8-20)16-18-5-2-6-19-16/h2-6,11H,7-10H2,1H3. The van der Waals surface area contributed by atoms with E-state index in [0.717, 1.165) is 31.9 Å². The number of ketones is 1. The number of anilines is 2. The van der Waals surface area contributed by atoms with Crippen molar-refractivity contribution in [3.63, 3.8) is 0 Å². The highest BCUT2D eigenvalue weighted by atomic mass is 19.1. The molecule has 1 aromatic carbocycles. The Labute approximate surface area is 128 Å². The Balaban J connectivity index is 1.76. The van der Waals surface area contributed by atoms with Crippen LogP contribution in [0.15, 0.2) is 36.7 Å². The second kappa shape index (κ2) is 6.09. The van der Waals surface area contributed by atoms with Gasteiger partial charge in [0.05, 0.1) is 0 Å². The van der Waals surface area contributed by atoms with E-state index in [0.29, 0.717) is 11.5 Å². The third kappa shape index (κ3) is 2.90. The lowest BCUT2D eigenvalue weighted by atomic mass is 10.1. The van der Waals surface area contributed by atoms with Gasteiger partial charge in [0.1, 0.15) is 5.82 Å². The first kappa shape index (κ1) is 14.4. The molecule has 1 aromatic heterocycles. The van der Waals surface area contributed by atoms with Crippen molar-refractivity contribution in [1.82, 2.24) is 9.97 Å². The molecule has 0 spiro atoms. The molecule has 3 rings (SSSR count). The Morgan fingerprint density at radius 1 is 1.09 bits per heavy atom. The molecule has 5 nitrogen and oxygen atoms in total. The summed E-state index contributed by atoms with van der Waals surface area (Å²) in [6.07, 6.45) is 3.45. The lowest BCUT2D eigenvalue weighted by Crippen LogP contribution is -2.47. The van der Waals surface area contributed by atoms with Gasteiger partial charge in [-0.15, -0.1) is 0 Å². The van der Waals surface area contributed by atoms with Gasteiger partial charge in [-0.2, -0.15) is 0 Å². The van der Waals surface area contributed by atoms with Crippen LogP contribution in [0.4, 0.5) is 16.0 Å². The van der Waals surface area contributed by atoms with Crippen molar-refractivity contribution in [2.24, 2.45) is 0 Å². The van der Waals surface area contributed by atoms with E-state index in [2.05, 4.69) is 19.8 Å². The molecule has 1 aliphatic heterocycles. The van der Waals surface area contributed by atoms with Gasteiger partial charge in [-0.1, -0.05) is 0 Å². The van der Waals surface area contributed by atoms with Gasteiger partial charge in [-0.25, -0.2) is 14.4 Å². The van der Waals surface area contributed by atoms with Crippen molar-refractivity contribution in [3.8, 4) is 0 Å². The summed E-state index contributed by atoms with van der Waals surface area (Å²) in [5.41, 5.74) is 1.23. The zero-order chi connectivity index (χ0) is 15.5. The summed E-state index contributed by atoms with van der Waals surface area (Å²) < 4.78 is 13.4. The first-order valence-electron chi connectivity index (χ1n) is 7.22. The average molecular weight is 300 g/mol. The third-order valence-corrected chi connectivity index (χ3v) is 3.79. The Morgan fingerprint density at radius 2 is 1.73 bits per heavy atom. The van der Waals surface area contributed by atoms with Crippen LogP contribution in [0.3, 0.4) is 0 Å². The van der Waals surface area contributed by atoms with Crippen LogP contribution >= 0.6 is 0 Å². The number of aromatic nitrogens is 2. The number of carbonyl (C=O) groups excluding carboxylic acids is 1. The van der Waals surface area contributed by atoms with Crippen LogP contribution in [0.25, 0.3) is 0 Å². The SMILES string of the molecule is CC(=O)c1cc(F)ccc1N1CCN(c2ncccn2)CC1. The second-order valence-corrected chi connectivity index (χ2v) is 5.24. The number of hydrogen-bond acceptors (Lipinski definition) is 5. The average Bonchev–Trinajstić information content (AvgIpc) is 2.56. The summed E-state index contributed by atoms with van der Waals surface area (Å²) in [5, 5.41) is 0. The van der Waals surface area contributed by atoms with E-state index in [-0.39, 0.29) is 11.6 Å². The molecule has 1 saturated heterocycles.